The second-order valence-corrected chi connectivity index (χ2v) is 9.01. The number of imide groups is 1. The van der Waals surface area contributed by atoms with Crippen molar-refractivity contribution in [3.8, 4) is 0 Å². The number of aromatic nitrogens is 1. The number of benzene rings is 1. The Balaban J connectivity index is 1.74. The first-order valence-corrected chi connectivity index (χ1v) is 10.1. The lowest BCUT2D eigenvalue weighted by molar-refractivity contribution is -0.119. The summed E-state index contributed by atoms with van der Waals surface area (Å²) >= 11 is 0. The zero-order valence-electron chi connectivity index (χ0n) is 15.2. The third kappa shape index (κ3) is 2.70. The van der Waals surface area contributed by atoms with Gasteiger partial charge in [0.05, 0.1) is 16.3 Å². The Kier molecular flexibility index (Phi) is 4.21. The highest BCUT2D eigenvalue weighted by Crippen LogP contribution is 2.55. The number of carbonyl (C=O) groups is 2. The van der Waals surface area contributed by atoms with Gasteiger partial charge in [-0.15, -0.1) is 0 Å². The molecule has 1 aliphatic heterocycles. The molecule has 2 heterocycles. The minimum atomic E-state index is -5.57. The van der Waals surface area contributed by atoms with Gasteiger partial charge in [-0.2, -0.15) is 17.6 Å². The van der Waals surface area contributed by atoms with Gasteiger partial charge in [-0.05, 0) is 42.7 Å². The number of hydrogen-bond donors (Lipinski definition) is 0. The summed E-state index contributed by atoms with van der Waals surface area (Å²) in [5.41, 5.74) is -6.70. The molecule has 2 unspecified atom stereocenters. The Hall–Kier alpha value is -3.02. The van der Waals surface area contributed by atoms with E-state index >= 15 is 0 Å². The number of hydrogen-bond acceptors (Lipinski definition) is 5. The van der Waals surface area contributed by atoms with Crippen molar-refractivity contribution in [3.63, 3.8) is 0 Å². The molecule has 0 radical (unpaired) electrons. The van der Waals surface area contributed by atoms with Gasteiger partial charge in [-0.1, -0.05) is 6.92 Å². The molecule has 7 nitrogen and oxygen atoms in total. The number of pyridine rings is 1. The lowest BCUT2D eigenvalue weighted by atomic mass is 10.1. The van der Waals surface area contributed by atoms with Crippen LogP contribution >= 0.6 is 0 Å². The number of alkyl halides is 3. The van der Waals surface area contributed by atoms with Gasteiger partial charge in [-0.25, -0.2) is 23.1 Å². The van der Waals surface area contributed by atoms with Gasteiger partial charge in [0.2, 0.25) is 5.95 Å². The number of sulfone groups is 1. The predicted molar refractivity (Wildman–Crippen MR) is 95.8 cm³/mol. The molecule has 30 heavy (non-hydrogen) atoms. The number of amides is 3. The molecular formula is C18H13F4N3O4S. The topological polar surface area (TPSA) is 87.7 Å². The number of anilines is 2. The molecule has 4 rings (SSSR count). The van der Waals surface area contributed by atoms with E-state index in [0.29, 0.717) is 18.6 Å². The minimum Gasteiger partial charge on any atom is -0.278 e. The molecule has 1 aliphatic carbocycles. The number of halogens is 4. The average Bonchev–Trinajstić information content (AvgIpc) is 3.27. The molecule has 1 saturated carbocycles. The van der Waals surface area contributed by atoms with E-state index in [9.17, 15) is 35.6 Å². The van der Waals surface area contributed by atoms with Crippen LogP contribution in [0.2, 0.25) is 0 Å². The molecule has 1 aromatic carbocycles. The van der Waals surface area contributed by atoms with E-state index in [1.807, 2.05) is 0 Å². The molecule has 2 aliphatic rings. The maximum atomic E-state index is 13.6. The van der Waals surface area contributed by atoms with E-state index < -0.39 is 43.7 Å². The summed E-state index contributed by atoms with van der Waals surface area (Å²) in [5, 5.41) is 0. The molecule has 12 heteroatoms. The Bertz CT molecular complexity index is 1170. The van der Waals surface area contributed by atoms with Crippen LogP contribution < -0.4 is 9.80 Å². The van der Waals surface area contributed by atoms with Gasteiger partial charge in [0.1, 0.15) is 5.54 Å². The van der Waals surface area contributed by atoms with E-state index in [1.54, 1.807) is 6.92 Å². The smallest absolute Gasteiger partial charge is 0.278 e. The standard InChI is InChI=1S/C18H13F4N3O4S/c1-10-9-17(10)15(26)24(16(27)25(17)12-6-7-23-14(19)8-12)11-2-4-13(5-3-11)30(28,29)18(20,21)22/h2-8,10H,9H2,1H3. The van der Waals surface area contributed by atoms with Crippen molar-refractivity contribution in [2.24, 2.45) is 5.92 Å². The van der Waals surface area contributed by atoms with Crippen LogP contribution in [0.4, 0.5) is 33.7 Å². The summed E-state index contributed by atoms with van der Waals surface area (Å²) in [7, 11) is -5.57. The van der Waals surface area contributed by atoms with Crippen molar-refractivity contribution < 1.29 is 35.6 Å². The zero-order chi connectivity index (χ0) is 22.1. The van der Waals surface area contributed by atoms with Gasteiger partial charge in [0, 0.05) is 12.3 Å². The second kappa shape index (κ2) is 6.24. The van der Waals surface area contributed by atoms with Crippen LogP contribution in [0.25, 0.3) is 0 Å². The molecule has 3 amide bonds. The third-order valence-electron chi connectivity index (χ3n) is 5.31. The average molecular weight is 443 g/mol. The van der Waals surface area contributed by atoms with Crippen molar-refractivity contribution in [1.82, 2.24) is 4.98 Å². The van der Waals surface area contributed by atoms with Crippen LogP contribution in [0.15, 0.2) is 47.5 Å². The first kappa shape index (κ1) is 20.3. The Morgan fingerprint density at radius 2 is 1.70 bits per heavy atom. The maximum absolute atomic E-state index is 13.6. The summed E-state index contributed by atoms with van der Waals surface area (Å²) in [6, 6.07) is 4.80. The summed E-state index contributed by atoms with van der Waals surface area (Å²) in [6.45, 7) is 1.73. The summed E-state index contributed by atoms with van der Waals surface area (Å²) < 4.78 is 74.8. The molecule has 2 atom stereocenters. The van der Waals surface area contributed by atoms with Crippen LogP contribution in [0.1, 0.15) is 13.3 Å². The molecule has 158 valence electrons. The monoisotopic (exact) mass is 443 g/mol. The molecule has 0 bridgehead atoms. The van der Waals surface area contributed by atoms with Crippen molar-refractivity contribution in [2.75, 3.05) is 9.80 Å². The predicted octanol–water partition coefficient (Wildman–Crippen LogP) is 3.27. The number of nitrogens with zero attached hydrogens (tertiary/aromatic N) is 3. The van der Waals surface area contributed by atoms with Gasteiger partial charge in [0.25, 0.3) is 15.7 Å². The van der Waals surface area contributed by atoms with Crippen molar-refractivity contribution in [1.29, 1.82) is 0 Å². The quantitative estimate of drug-likeness (QED) is 0.413. The third-order valence-corrected chi connectivity index (χ3v) is 6.81. The van der Waals surface area contributed by atoms with E-state index in [0.717, 1.165) is 34.2 Å². The zero-order valence-corrected chi connectivity index (χ0v) is 16.0. The second-order valence-electron chi connectivity index (χ2n) is 7.07. The molecular weight excluding hydrogens is 430 g/mol. The lowest BCUT2D eigenvalue weighted by Gasteiger charge is -2.22. The van der Waals surface area contributed by atoms with Crippen LogP contribution in [-0.4, -0.2) is 36.4 Å². The van der Waals surface area contributed by atoms with Gasteiger partial charge >= 0.3 is 11.5 Å². The Labute approximate surface area is 167 Å². The van der Waals surface area contributed by atoms with Gasteiger partial charge < -0.3 is 0 Å². The van der Waals surface area contributed by atoms with E-state index in [1.165, 1.54) is 6.07 Å². The number of urea groups is 1. The minimum absolute atomic E-state index is 0.0957. The van der Waals surface area contributed by atoms with Crippen LogP contribution in [0.3, 0.4) is 0 Å². The van der Waals surface area contributed by atoms with Crippen molar-refractivity contribution in [2.45, 2.75) is 29.3 Å². The molecule has 1 aromatic heterocycles. The fourth-order valence-corrected chi connectivity index (χ4v) is 4.43. The largest absolute Gasteiger partial charge is 0.501 e. The number of carbonyl (C=O) groups excluding carboxylic acids is 2. The van der Waals surface area contributed by atoms with Crippen LogP contribution in [0.5, 0.6) is 0 Å². The first-order chi connectivity index (χ1) is 13.9. The molecule has 0 N–H and O–H groups in total. The fourth-order valence-electron chi connectivity index (χ4n) is 3.67. The Morgan fingerprint density at radius 3 is 2.20 bits per heavy atom. The Morgan fingerprint density at radius 1 is 1.10 bits per heavy atom. The highest BCUT2D eigenvalue weighted by atomic mass is 32.2. The van der Waals surface area contributed by atoms with Gasteiger partial charge in [-0.3, -0.25) is 9.69 Å². The van der Waals surface area contributed by atoms with Crippen molar-refractivity contribution in [3.05, 3.63) is 48.5 Å². The van der Waals surface area contributed by atoms with E-state index in [4.69, 9.17) is 0 Å². The normalized spacial score (nSPS) is 24.1. The maximum Gasteiger partial charge on any atom is 0.501 e. The number of rotatable bonds is 3. The van der Waals surface area contributed by atoms with Crippen LogP contribution in [-0.2, 0) is 14.6 Å². The molecule has 1 spiro atoms. The summed E-state index contributed by atoms with van der Waals surface area (Å²) in [4.78, 5) is 30.4. The highest BCUT2D eigenvalue weighted by molar-refractivity contribution is 7.92. The van der Waals surface area contributed by atoms with E-state index in [-0.39, 0.29) is 17.3 Å². The van der Waals surface area contributed by atoms with Gasteiger partial charge in [0.15, 0.2) is 0 Å². The molecule has 2 aromatic rings. The summed E-state index contributed by atoms with van der Waals surface area (Å²) in [5.74, 6) is -1.71. The lowest BCUT2D eigenvalue weighted by Crippen LogP contribution is -2.39. The molecule has 2 fully saturated rings. The van der Waals surface area contributed by atoms with E-state index in [2.05, 4.69) is 4.98 Å². The van der Waals surface area contributed by atoms with Crippen molar-refractivity contribution >= 4 is 33.2 Å². The van der Waals surface area contributed by atoms with Crippen LogP contribution in [0, 0.1) is 11.9 Å². The first-order valence-electron chi connectivity index (χ1n) is 8.63. The summed E-state index contributed by atoms with van der Waals surface area (Å²) in [6.07, 6.45) is 1.46. The fraction of sp³-hybridized carbons (Fsp3) is 0.278. The molecule has 1 saturated heterocycles. The SMILES string of the molecule is CC1CC12C(=O)N(c1ccc(S(=O)(=O)C(F)(F)F)cc1)C(=O)N2c1ccnc(F)c1. The highest BCUT2D eigenvalue weighted by Gasteiger charge is 2.70.